The number of fused-ring (bicyclic) bond motifs is 1. The molecular formula is C25H25N3O4. The van der Waals surface area contributed by atoms with Gasteiger partial charge in [0.1, 0.15) is 5.75 Å². The van der Waals surface area contributed by atoms with Gasteiger partial charge in [0.2, 0.25) is 0 Å². The van der Waals surface area contributed by atoms with Gasteiger partial charge in [-0.3, -0.25) is 0 Å². The van der Waals surface area contributed by atoms with E-state index in [1.807, 2.05) is 36.4 Å². The molecule has 1 aromatic heterocycles. The topological polar surface area (TPSA) is 84.7 Å². The number of carbonyl (C=O) groups excluding carboxylic acids is 1. The van der Waals surface area contributed by atoms with Crippen molar-refractivity contribution >= 4 is 12.0 Å². The normalized spacial score (nSPS) is 22.0. The number of nitrogens with zero attached hydrogens (tertiary/aromatic N) is 3. The molecule has 32 heavy (non-hydrogen) atoms. The molecule has 3 atom stereocenters. The van der Waals surface area contributed by atoms with Crippen molar-refractivity contribution < 1.29 is 19.4 Å². The summed E-state index contributed by atoms with van der Waals surface area (Å²) < 4.78 is 7.59. The number of aromatic nitrogens is 2. The second-order valence-electron chi connectivity index (χ2n) is 8.69. The van der Waals surface area contributed by atoms with Crippen LogP contribution in [0.25, 0.3) is 11.1 Å². The zero-order chi connectivity index (χ0) is 22.2. The van der Waals surface area contributed by atoms with Crippen LogP contribution >= 0.6 is 0 Å². The second-order valence-corrected chi connectivity index (χ2v) is 8.69. The van der Waals surface area contributed by atoms with Gasteiger partial charge in [-0.15, -0.1) is 0 Å². The summed E-state index contributed by atoms with van der Waals surface area (Å²) in [5.74, 6) is 0.528. The molecule has 1 aliphatic carbocycles. The Bertz CT molecular complexity index is 1140. The third-order valence-electron chi connectivity index (χ3n) is 6.54. The molecule has 1 saturated heterocycles. The second kappa shape index (κ2) is 8.15. The van der Waals surface area contributed by atoms with E-state index in [1.165, 1.54) is 6.20 Å². The van der Waals surface area contributed by atoms with Gasteiger partial charge in [0.15, 0.2) is 5.69 Å². The van der Waals surface area contributed by atoms with Crippen molar-refractivity contribution in [3.05, 3.63) is 72.1 Å². The molecule has 0 spiro atoms. The average molecular weight is 431 g/mol. The van der Waals surface area contributed by atoms with Gasteiger partial charge in [0, 0.05) is 30.4 Å². The molecule has 2 fully saturated rings. The first-order valence-corrected chi connectivity index (χ1v) is 10.9. The number of ether oxygens (including phenoxy) is 1. The van der Waals surface area contributed by atoms with Gasteiger partial charge in [0.05, 0.1) is 6.10 Å². The largest absolute Gasteiger partial charge is 0.490 e. The van der Waals surface area contributed by atoms with E-state index in [0.29, 0.717) is 30.5 Å². The Labute approximate surface area is 186 Å². The lowest BCUT2D eigenvalue weighted by molar-refractivity contribution is 0.0689. The molecule has 2 aromatic carbocycles. The van der Waals surface area contributed by atoms with Crippen LogP contribution in [0.3, 0.4) is 0 Å². The molecule has 2 aliphatic rings. The lowest BCUT2D eigenvalue weighted by Gasteiger charge is -2.21. The predicted octanol–water partition coefficient (Wildman–Crippen LogP) is 4.31. The summed E-state index contributed by atoms with van der Waals surface area (Å²) in [5.41, 5.74) is 2.62. The first kappa shape index (κ1) is 20.3. The average Bonchev–Trinajstić information content (AvgIpc) is 3.47. The Balaban J connectivity index is 1.24. The molecule has 1 amide bonds. The number of amides is 1. The number of aromatic carboxylic acids is 1. The Hall–Kier alpha value is -3.61. The van der Waals surface area contributed by atoms with Crippen molar-refractivity contribution in [2.75, 3.05) is 13.1 Å². The predicted molar refractivity (Wildman–Crippen MR) is 119 cm³/mol. The molecule has 7 nitrogen and oxygen atoms in total. The zero-order valence-electron chi connectivity index (χ0n) is 17.8. The molecule has 164 valence electrons. The fourth-order valence-corrected chi connectivity index (χ4v) is 5.02. The number of aryl methyl sites for hydroxylation is 1. The van der Waals surface area contributed by atoms with Crippen molar-refractivity contribution in [1.29, 1.82) is 0 Å². The van der Waals surface area contributed by atoms with Crippen LogP contribution in [0, 0.1) is 18.8 Å². The fourth-order valence-electron chi connectivity index (χ4n) is 5.02. The quantitative estimate of drug-likeness (QED) is 0.665. The summed E-state index contributed by atoms with van der Waals surface area (Å²) in [4.78, 5) is 25.8. The minimum absolute atomic E-state index is 0.0803. The molecule has 3 aromatic rings. The number of rotatable bonds is 4. The summed E-state index contributed by atoms with van der Waals surface area (Å²) in [6.45, 7) is 2.93. The summed E-state index contributed by atoms with van der Waals surface area (Å²) in [7, 11) is 0. The zero-order valence-corrected chi connectivity index (χ0v) is 17.8. The van der Waals surface area contributed by atoms with E-state index >= 15 is 0 Å². The molecule has 1 saturated carbocycles. The number of hydrogen-bond donors (Lipinski definition) is 1. The van der Waals surface area contributed by atoms with Crippen LogP contribution in [-0.4, -0.2) is 51.0 Å². The summed E-state index contributed by atoms with van der Waals surface area (Å²) in [5, 5.41) is 13.1. The highest BCUT2D eigenvalue weighted by Crippen LogP contribution is 2.41. The van der Waals surface area contributed by atoms with Gasteiger partial charge < -0.3 is 14.7 Å². The lowest BCUT2D eigenvalue weighted by Crippen LogP contribution is -2.34. The highest BCUT2D eigenvalue weighted by atomic mass is 16.5. The SMILES string of the molecule is Cc1cn(C(=O)N2C[C@H]3C[C@H](Oc4ccccc4-c4ccccc4)C[C@H]3C2)nc1C(=O)O. The first-order valence-electron chi connectivity index (χ1n) is 10.9. The third kappa shape index (κ3) is 3.75. The number of carbonyl (C=O) groups is 2. The minimum atomic E-state index is -1.12. The maximum Gasteiger partial charge on any atom is 0.356 e. The molecule has 1 N–H and O–H groups in total. The molecule has 5 rings (SSSR count). The molecule has 0 bridgehead atoms. The highest BCUT2D eigenvalue weighted by molar-refractivity contribution is 5.88. The number of carboxylic acid groups (broad SMARTS) is 1. The number of likely N-dealkylation sites (tertiary alicyclic amines) is 1. The van der Waals surface area contributed by atoms with Crippen LogP contribution < -0.4 is 4.74 Å². The van der Waals surface area contributed by atoms with Crippen molar-refractivity contribution in [3.63, 3.8) is 0 Å². The number of para-hydroxylation sites is 1. The van der Waals surface area contributed by atoms with Crippen LogP contribution in [0.15, 0.2) is 60.8 Å². The van der Waals surface area contributed by atoms with Crippen LogP contribution in [-0.2, 0) is 0 Å². The summed E-state index contributed by atoms with van der Waals surface area (Å²) in [6, 6.07) is 18.1. The van der Waals surface area contributed by atoms with E-state index in [-0.39, 0.29) is 17.8 Å². The monoisotopic (exact) mass is 431 g/mol. The van der Waals surface area contributed by atoms with E-state index in [0.717, 1.165) is 34.4 Å². The lowest BCUT2D eigenvalue weighted by atomic mass is 10.0. The van der Waals surface area contributed by atoms with E-state index in [9.17, 15) is 14.7 Å². The van der Waals surface area contributed by atoms with Crippen LogP contribution in [0.4, 0.5) is 4.79 Å². The van der Waals surface area contributed by atoms with Crippen molar-refractivity contribution in [2.24, 2.45) is 11.8 Å². The van der Waals surface area contributed by atoms with Gasteiger partial charge >= 0.3 is 12.0 Å². The van der Waals surface area contributed by atoms with Gasteiger partial charge in [-0.05, 0) is 43.2 Å². The first-order chi connectivity index (χ1) is 15.5. The Morgan fingerprint density at radius 1 is 1.00 bits per heavy atom. The van der Waals surface area contributed by atoms with E-state index < -0.39 is 5.97 Å². The van der Waals surface area contributed by atoms with Gasteiger partial charge in [-0.1, -0.05) is 48.5 Å². The van der Waals surface area contributed by atoms with Crippen molar-refractivity contribution in [3.8, 4) is 16.9 Å². The van der Waals surface area contributed by atoms with Crippen LogP contribution in [0.5, 0.6) is 5.75 Å². The standard InChI is InChI=1S/C25H25N3O4/c1-16-13-28(26-23(16)24(29)30)25(31)27-14-18-11-20(12-19(18)15-27)32-22-10-6-5-9-21(22)17-7-3-2-4-8-17/h2-10,13,18-20H,11-12,14-15H2,1H3,(H,29,30)/t18-,19+,20+. The molecule has 0 radical (unpaired) electrons. The molecule has 0 unspecified atom stereocenters. The minimum Gasteiger partial charge on any atom is -0.490 e. The van der Waals surface area contributed by atoms with Crippen molar-refractivity contribution in [2.45, 2.75) is 25.9 Å². The summed E-state index contributed by atoms with van der Waals surface area (Å²) >= 11 is 0. The molecule has 1 aliphatic heterocycles. The maximum absolute atomic E-state index is 12.8. The van der Waals surface area contributed by atoms with Gasteiger partial charge in [-0.2, -0.15) is 9.78 Å². The number of benzene rings is 2. The summed E-state index contributed by atoms with van der Waals surface area (Å²) in [6.07, 6.45) is 3.41. The van der Waals surface area contributed by atoms with E-state index in [1.54, 1.807) is 11.8 Å². The van der Waals surface area contributed by atoms with Crippen LogP contribution in [0.2, 0.25) is 0 Å². The highest BCUT2D eigenvalue weighted by Gasteiger charge is 2.44. The van der Waals surface area contributed by atoms with Crippen LogP contribution in [0.1, 0.15) is 28.9 Å². The van der Waals surface area contributed by atoms with Crippen molar-refractivity contribution in [1.82, 2.24) is 14.7 Å². The number of carboxylic acids is 1. The molecule has 2 heterocycles. The molecular weight excluding hydrogens is 406 g/mol. The van der Waals surface area contributed by atoms with E-state index in [4.69, 9.17) is 4.74 Å². The van der Waals surface area contributed by atoms with E-state index in [2.05, 4.69) is 23.3 Å². The smallest absolute Gasteiger partial charge is 0.356 e. The number of hydrogen-bond acceptors (Lipinski definition) is 4. The molecule has 7 heteroatoms. The third-order valence-corrected chi connectivity index (χ3v) is 6.54. The fraction of sp³-hybridized carbons (Fsp3) is 0.320. The van der Waals surface area contributed by atoms with Gasteiger partial charge in [0.25, 0.3) is 0 Å². The van der Waals surface area contributed by atoms with Gasteiger partial charge in [-0.25, -0.2) is 9.59 Å². The Kier molecular flexibility index (Phi) is 5.17. The Morgan fingerprint density at radius 3 is 2.31 bits per heavy atom. The maximum atomic E-state index is 12.8. The Morgan fingerprint density at radius 2 is 1.66 bits per heavy atom.